The number of fused-ring (bicyclic) bond motifs is 1. The van der Waals surface area contributed by atoms with Crippen molar-refractivity contribution in [3.63, 3.8) is 0 Å². The first-order valence-corrected chi connectivity index (χ1v) is 6.91. The molecule has 0 amide bonds. The third-order valence-corrected chi connectivity index (χ3v) is 4.28. The summed E-state index contributed by atoms with van der Waals surface area (Å²) in [5.41, 5.74) is 7.82. The third-order valence-electron chi connectivity index (χ3n) is 4.28. The van der Waals surface area contributed by atoms with Gasteiger partial charge in [-0.3, -0.25) is 0 Å². The van der Waals surface area contributed by atoms with Crippen molar-refractivity contribution in [3.8, 4) is 5.75 Å². The Bertz CT molecular complexity index is 401. The van der Waals surface area contributed by atoms with Crippen molar-refractivity contribution in [1.82, 2.24) is 0 Å². The fraction of sp³-hybridized carbons (Fsp3) is 0.600. The number of benzene rings is 1. The zero-order valence-electron chi connectivity index (χ0n) is 10.7. The lowest BCUT2D eigenvalue weighted by Crippen LogP contribution is -2.40. The molecule has 2 heterocycles. The van der Waals surface area contributed by atoms with Gasteiger partial charge in [0.2, 0.25) is 0 Å². The molecule has 2 unspecified atom stereocenters. The molecule has 2 aliphatic rings. The van der Waals surface area contributed by atoms with Crippen LogP contribution in [0.2, 0.25) is 0 Å². The predicted octanol–water partition coefficient (Wildman–Crippen LogP) is 2.31. The van der Waals surface area contributed by atoms with Crippen LogP contribution in [0.25, 0.3) is 0 Å². The van der Waals surface area contributed by atoms with E-state index in [0.29, 0.717) is 11.8 Å². The van der Waals surface area contributed by atoms with Gasteiger partial charge >= 0.3 is 0 Å². The van der Waals surface area contributed by atoms with E-state index < -0.39 is 0 Å². The first-order chi connectivity index (χ1) is 8.86. The van der Waals surface area contributed by atoms with Gasteiger partial charge in [-0.05, 0) is 36.8 Å². The van der Waals surface area contributed by atoms with E-state index in [0.717, 1.165) is 44.8 Å². The van der Waals surface area contributed by atoms with Crippen LogP contribution >= 0.6 is 0 Å². The van der Waals surface area contributed by atoms with E-state index in [2.05, 4.69) is 18.2 Å². The summed E-state index contributed by atoms with van der Waals surface area (Å²) < 4.78 is 11.1. The van der Waals surface area contributed by atoms with Crippen LogP contribution < -0.4 is 10.5 Å². The molecule has 3 rings (SSSR count). The number of hydrogen-bond donors (Lipinski definition) is 1. The van der Waals surface area contributed by atoms with Crippen LogP contribution in [0, 0.1) is 5.92 Å². The van der Waals surface area contributed by atoms with E-state index in [1.54, 1.807) is 0 Å². The largest absolute Gasteiger partial charge is 0.493 e. The van der Waals surface area contributed by atoms with Crippen LogP contribution in [-0.4, -0.2) is 25.9 Å². The van der Waals surface area contributed by atoms with Crippen molar-refractivity contribution in [2.24, 2.45) is 11.7 Å². The van der Waals surface area contributed by atoms with Crippen molar-refractivity contribution < 1.29 is 9.47 Å². The zero-order chi connectivity index (χ0) is 12.4. The maximum absolute atomic E-state index is 6.53. The smallest absolute Gasteiger partial charge is 0.122 e. The molecule has 18 heavy (non-hydrogen) atoms. The van der Waals surface area contributed by atoms with Crippen LogP contribution in [-0.2, 0) is 4.74 Å². The highest BCUT2D eigenvalue weighted by Crippen LogP contribution is 2.38. The van der Waals surface area contributed by atoms with Gasteiger partial charge in [0.05, 0.1) is 6.61 Å². The van der Waals surface area contributed by atoms with Crippen molar-refractivity contribution >= 4 is 0 Å². The summed E-state index contributed by atoms with van der Waals surface area (Å²) in [7, 11) is 0. The molecule has 0 aromatic heterocycles. The highest BCUT2D eigenvalue weighted by Gasteiger charge is 2.32. The van der Waals surface area contributed by atoms with Crippen molar-refractivity contribution in [3.05, 3.63) is 29.8 Å². The maximum atomic E-state index is 6.53. The first-order valence-electron chi connectivity index (χ1n) is 6.91. The highest BCUT2D eigenvalue weighted by atomic mass is 16.5. The molecule has 1 aromatic carbocycles. The minimum absolute atomic E-state index is 0.235. The fourth-order valence-electron chi connectivity index (χ4n) is 3.20. The summed E-state index contributed by atoms with van der Waals surface area (Å²) >= 11 is 0. The molecule has 2 N–H and O–H groups in total. The number of hydrogen-bond acceptors (Lipinski definition) is 3. The summed E-state index contributed by atoms with van der Waals surface area (Å²) in [5.74, 6) is 2.06. The minimum Gasteiger partial charge on any atom is -0.493 e. The van der Waals surface area contributed by atoms with E-state index in [1.165, 1.54) is 5.56 Å². The molecule has 2 atom stereocenters. The normalized spacial score (nSPS) is 26.2. The van der Waals surface area contributed by atoms with Crippen molar-refractivity contribution in [1.29, 1.82) is 0 Å². The highest BCUT2D eigenvalue weighted by molar-refractivity contribution is 5.38. The molecule has 2 aliphatic heterocycles. The zero-order valence-corrected chi connectivity index (χ0v) is 10.7. The van der Waals surface area contributed by atoms with E-state index >= 15 is 0 Å². The van der Waals surface area contributed by atoms with Gasteiger partial charge in [0.15, 0.2) is 0 Å². The molecule has 0 spiro atoms. The van der Waals surface area contributed by atoms with Gasteiger partial charge in [-0.2, -0.15) is 0 Å². The average molecular weight is 247 g/mol. The van der Waals surface area contributed by atoms with Crippen molar-refractivity contribution in [2.45, 2.75) is 31.2 Å². The Hall–Kier alpha value is -1.06. The molecule has 0 radical (unpaired) electrons. The molecule has 3 nitrogen and oxygen atoms in total. The lowest BCUT2D eigenvalue weighted by molar-refractivity contribution is 0.0531. The molecule has 0 saturated carbocycles. The maximum Gasteiger partial charge on any atom is 0.122 e. The SMILES string of the molecule is NC(C1CCOCC1)C1CCOc2ccccc21. The van der Waals surface area contributed by atoms with Gasteiger partial charge in [-0.15, -0.1) is 0 Å². The summed E-state index contributed by atoms with van der Waals surface area (Å²) in [6.45, 7) is 2.52. The van der Waals surface area contributed by atoms with E-state index in [-0.39, 0.29) is 6.04 Å². The number of rotatable bonds is 2. The molecule has 0 bridgehead atoms. The summed E-state index contributed by atoms with van der Waals surface area (Å²) in [5, 5.41) is 0. The lowest BCUT2D eigenvalue weighted by atomic mass is 9.78. The molecule has 98 valence electrons. The van der Waals surface area contributed by atoms with Crippen molar-refractivity contribution in [2.75, 3.05) is 19.8 Å². The molecular weight excluding hydrogens is 226 g/mol. The fourth-order valence-corrected chi connectivity index (χ4v) is 3.20. The van der Waals surface area contributed by atoms with Gasteiger partial charge in [0, 0.05) is 25.2 Å². The predicted molar refractivity (Wildman–Crippen MR) is 70.8 cm³/mol. The standard InChI is InChI=1S/C15H21NO2/c16-15(11-5-8-17-9-6-11)13-7-10-18-14-4-2-1-3-12(13)14/h1-4,11,13,15H,5-10,16H2. The van der Waals surface area contributed by atoms with E-state index in [9.17, 15) is 0 Å². The summed E-state index contributed by atoms with van der Waals surface area (Å²) in [6, 6.07) is 8.56. The Balaban J connectivity index is 1.80. The van der Waals surface area contributed by atoms with Crippen LogP contribution in [0.5, 0.6) is 5.75 Å². The summed E-state index contributed by atoms with van der Waals surface area (Å²) in [4.78, 5) is 0. The van der Waals surface area contributed by atoms with Gasteiger partial charge < -0.3 is 15.2 Å². The molecular formula is C15H21NO2. The monoisotopic (exact) mass is 247 g/mol. The lowest BCUT2D eigenvalue weighted by Gasteiger charge is -2.36. The van der Waals surface area contributed by atoms with Gasteiger partial charge in [0.25, 0.3) is 0 Å². The Labute approximate surface area is 108 Å². The third kappa shape index (κ3) is 2.25. The molecule has 1 fully saturated rings. The Morgan fingerprint density at radius 2 is 1.83 bits per heavy atom. The van der Waals surface area contributed by atoms with Crippen LogP contribution in [0.15, 0.2) is 24.3 Å². The van der Waals surface area contributed by atoms with Crippen LogP contribution in [0.4, 0.5) is 0 Å². The topological polar surface area (TPSA) is 44.5 Å². The molecule has 0 aliphatic carbocycles. The van der Waals surface area contributed by atoms with Crippen LogP contribution in [0.3, 0.4) is 0 Å². The van der Waals surface area contributed by atoms with E-state index in [1.807, 2.05) is 6.07 Å². The molecule has 1 aromatic rings. The van der Waals surface area contributed by atoms with Gasteiger partial charge in [-0.25, -0.2) is 0 Å². The summed E-state index contributed by atoms with van der Waals surface area (Å²) in [6.07, 6.45) is 3.23. The Morgan fingerprint density at radius 1 is 1.06 bits per heavy atom. The molecule has 1 saturated heterocycles. The van der Waals surface area contributed by atoms with E-state index in [4.69, 9.17) is 15.2 Å². The number of ether oxygens (including phenoxy) is 2. The van der Waals surface area contributed by atoms with Gasteiger partial charge in [0.1, 0.15) is 5.75 Å². The van der Waals surface area contributed by atoms with Crippen LogP contribution in [0.1, 0.15) is 30.7 Å². The average Bonchev–Trinajstić information content (AvgIpc) is 2.47. The second-order valence-electron chi connectivity index (χ2n) is 5.31. The second kappa shape index (κ2) is 5.29. The Morgan fingerprint density at radius 3 is 2.67 bits per heavy atom. The first kappa shape index (κ1) is 12.0. The van der Waals surface area contributed by atoms with Gasteiger partial charge in [-0.1, -0.05) is 18.2 Å². The Kier molecular flexibility index (Phi) is 3.52. The number of nitrogens with two attached hydrogens (primary N) is 1. The minimum atomic E-state index is 0.235. The second-order valence-corrected chi connectivity index (χ2v) is 5.31. The molecule has 3 heteroatoms. The quantitative estimate of drug-likeness (QED) is 0.872. The number of para-hydroxylation sites is 1.